The molecule has 2 aromatic rings. The number of amides is 1. The van der Waals surface area contributed by atoms with Crippen molar-refractivity contribution in [2.24, 2.45) is 5.73 Å². The molecule has 3 N–H and O–H groups in total. The van der Waals surface area contributed by atoms with E-state index in [-0.39, 0.29) is 17.1 Å². The molecule has 5 nitrogen and oxygen atoms in total. The maximum Gasteiger partial charge on any atom is 0.238 e. The predicted octanol–water partition coefficient (Wildman–Crippen LogP) is 2.27. The summed E-state index contributed by atoms with van der Waals surface area (Å²) in [6, 6.07) is 3.26. The summed E-state index contributed by atoms with van der Waals surface area (Å²) in [5.41, 5.74) is 5.48. The first kappa shape index (κ1) is 17.7. The van der Waals surface area contributed by atoms with E-state index in [9.17, 15) is 18.4 Å². The Morgan fingerprint density at radius 3 is 2.52 bits per heavy atom. The summed E-state index contributed by atoms with van der Waals surface area (Å²) >= 11 is 1.22. The number of anilines is 1. The van der Waals surface area contributed by atoms with Gasteiger partial charge < -0.3 is 15.8 Å². The Morgan fingerprint density at radius 2 is 1.84 bits per heavy atom. The molecule has 0 aliphatic carbocycles. The maximum absolute atomic E-state index is 14.1. The van der Waals surface area contributed by atoms with Gasteiger partial charge in [0.05, 0.1) is 30.9 Å². The number of hydrogen-bond donors (Lipinski definition) is 2. The molecule has 0 unspecified atom stereocenters. The molecule has 25 heavy (non-hydrogen) atoms. The number of carbonyl (C=O) groups excluding carboxylic acids is 2. The van der Waals surface area contributed by atoms with E-state index in [1.807, 2.05) is 0 Å². The van der Waals surface area contributed by atoms with Crippen molar-refractivity contribution in [2.45, 2.75) is 12.8 Å². The highest BCUT2D eigenvalue weighted by Gasteiger charge is 2.29. The second-order valence-electron chi connectivity index (χ2n) is 5.50. The number of rotatable bonds is 4. The molecule has 2 heterocycles. The first-order chi connectivity index (χ1) is 12.0. The second kappa shape index (κ2) is 7.38. The summed E-state index contributed by atoms with van der Waals surface area (Å²) < 4.78 is 33.6. The standard InChI is InChI=1S/C17H16F2N2O3S/c18-10-2-1-3-11(19)15(10)16(23)14-9-4-6-24-7-5-12(9)25-17(14)21-13(22)8-20/h1-3H,4-8,20H2,(H,21,22). The number of nitrogens with two attached hydrogens (primary N) is 1. The first-order valence-corrected chi connectivity index (χ1v) is 8.55. The lowest BCUT2D eigenvalue weighted by atomic mass is 9.97. The van der Waals surface area contributed by atoms with Crippen molar-refractivity contribution in [3.05, 3.63) is 51.4 Å². The number of fused-ring (bicyclic) bond motifs is 1. The first-order valence-electron chi connectivity index (χ1n) is 7.73. The van der Waals surface area contributed by atoms with Gasteiger partial charge in [-0.05, 0) is 24.1 Å². The molecular formula is C17H16F2N2O3S. The van der Waals surface area contributed by atoms with Crippen LogP contribution in [-0.2, 0) is 22.4 Å². The van der Waals surface area contributed by atoms with E-state index in [1.54, 1.807) is 0 Å². The van der Waals surface area contributed by atoms with E-state index >= 15 is 0 Å². The molecule has 1 aromatic heterocycles. The van der Waals surface area contributed by atoms with Gasteiger partial charge in [0.25, 0.3) is 0 Å². The van der Waals surface area contributed by atoms with Gasteiger partial charge in [0.15, 0.2) is 0 Å². The smallest absolute Gasteiger partial charge is 0.238 e. The molecule has 1 aliphatic rings. The van der Waals surface area contributed by atoms with Gasteiger partial charge in [0, 0.05) is 11.3 Å². The molecule has 0 atom stereocenters. The van der Waals surface area contributed by atoms with Crippen molar-refractivity contribution in [1.82, 2.24) is 0 Å². The van der Waals surface area contributed by atoms with E-state index < -0.39 is 28.9 Å². The van der Waals surface area contributed by atoms with Crippen LogP contribution in [0.2, 0.25) is 0 Å². The minimum atomic E-state index is -0.939. The van der Waals surface area contributed by atoms with Crippen LogP contribution in [0.25, 0.3) is 0 Å². The fourth-order valence-electron chi connectivity index (χ4n) is 2.77. The van der Waals surface area contributed by atoms with Gasteiger partial charge in [-0.1, -0.05) is 6.07 Å². The molecule has 0 saturated carbocycles. The third-order valence-corrected chi connectivity index (χ3v) is 5.12. The van der Waals surface area contributed by atoms with Crippen molar-refractivity contribution in [2.75, 3.05) is 25.1 Å². The Kier molecular flexibility index (Phi) is 5.22. The minimum absolute atomic E-state index is 0.122. The number of thiophene rings is 1. The monoisotopic (exact) mass is 366 g/mol. The fraction of sp³-hybridized carbons (Fsp3) is 0.294. The van der Waals surface area contributed by atoms with Crippen LogP contribution in [0.15, 0.2) is 18.2 Å². The van der Waals surface area contributed by atoms with Crippen molar-refractivity contribution >= 4 is 28.0 Å². The van der Waals surface area contributed by atoms with Gasteiger partial charge in [-0.3, -0.25) is 9.59 Å². The molecule has 0 saturated heterocycles. The molecule has 0 fully saturated rings. The van der Waals surface area contributed by atoms with Crippen LogP contribution in [-0.4, -0.2) is 31.4 Å². The number of benzene rings is 1. The zero-order valence-electron chi connectivity index (χ0n) is 13.2. The Labute approximate surface area is 146 Å². The van der Waals surface area contributed by atoms with Crippen LogP contribution in [0, 0.1) is 11.6 Å². The Hall–Kier alpha value is -2.16. The van der Waals surface area contributed by atoms with Gasteiger partial charge in [-0.25, -0.2) is 8.78 Å². The molecule has 1 amide bonds. The molecule has 0 spiro atoms. The fourth-order valence-corrected chi connectivity index (χ4v) is 4.01. The summed E-state index contributed by atoms with van der Waals surface area (Å²) in [5.74, 6) is -3.14. The summed E-state index contributed by atoms with van der Waals surface area (Å²) in [5, 5.41) is 2.85. The molecule has 8 heteroatoms. The molecule has 0 radical (unpaired) electrons. The van der Waals surface area contributed by atoms with Crippen molar-refractivity contribution in [3.8, 4) is 0 Å². The average Bonchev–Trinajstić information content (AvgIpc) is 2.75. The number of carbonyl (C=O) groups is 2. The number of nitrogens with one attached hydrogen (secondary N) is 1. The van der Waals surface area contributed by atoms with Gasteiger partial charge in [0.2, 0.25) is 11.7 Å². The van der Waals surface area contributed by atoms with Crippen molar-refractivity contribution in [3.63, 3.8) is 0 Å². The maximum atomic E-state index is 14.1. The van der Waals surface area contributed by atoms with E-state index in [0.717, 1.165) is 17.0 Å². The second-order valence-corrected chi connectivity index (χ2v) is 6.60. The highest BCUT2D eigenvalue weighted by atomic mass is 32.1. The number of hydrogen-bond acceptors (Lipinski definition) is 5. The van der Waals surface area contributed by atoms with E-state index in [4.69, 9.17) is 10.5 Å². The molecule has 132 valence electrons. The van der Waals surface area contributed by atoms with Gasteiger partial charge in [-0.2, -0.15) is 0 Å². The topological polar surface area (TPSA) is 81.4 Å². The summed E-state index contributed by atoms with van der Waals surface area (Å²) in [6.45, 7) is 0.626. The number of ketones is 1. The molecule has 0 bridgehead atoms. The van der Waals surface area contributed by atoms with Crippen LogP contribution in [0.5, 0.6) is 0 Å². The van der Waals surface area contributed by atoms with Gasteiger partial charge >= 0.3 is 0 Å². The lowest BCUT2D eigenvalue weighted by molar-refractivity contribution is -0.114. The molecule has 1 aromatic carbocycles. The van der Waals surface area contributed by atoms with Crippen LogP contribution in [0.1, 0.15) is 26.4 Å². The molecule has 1 aliphatic heterocycles. The lowest BCUT2D eigenvalue weighted by Crippen LogP contribution is -2.23. The van der Waals surface area contributed by atoms with Crippen molar-refractivity contribution < 1.29 is 23.1 Å². The SMILES string of the molecule is NCC(=O)Nc1sc2c(c1C(=O)c1c(F)cccc1F)CCOCC2. The molecule has 3 rings (SSSR count). The van der Waals surface area contributed by atoms with Gasteiger partial charge in [0.1, 0.15) is 16.6 Å². The number of halogens is 2. The van der Waals surface area contributed by atoms with E-state index in [0.29, 0.717) is 31.6 Å². The normalized spacial score (nSPS) is 13.9. The predicted molar refractivity (Wildman–Crippen MR) is 90.0 cm³/mol. The average molecular weight is 366 g/mol. The Balaban J connectivity index is 2.14. The highest BCUT2D eigenvalue weighted by Crippen LogP contribution is 2.37. The van der Waals surface area contributed by atoms with E-state index in [1.165, 1.54) is 17.4 Å². The van der Waals surface area contributed by atoms with Crippen LogP contribution in [0.3, 0.4) is 0 Å². The largest absolute Gasteiger partial charge is 0.381 e. The Morgan fingerprint density at radius 1 is 1.16 bits per heavy atom. The quantitative estimate of drug-likeness (QED) is 0.814. The third kappa shape index (κ3) is 3.46. The van der Waals surface area contributed by atoms with Gasteiger partial charge in [-0.15, -0.1) is 11.3 Å². The minimum Gasteiger partial charge on any atom is -0.381 e. The third-order valence-electron chi connectivity index (χ3n) is 3.92. The Bertz CT molecular complexity index is 815. The molecular weight excluding hydrogens is 350 g/mol. The number of ether oxygens (including phenoxy) is 1. The highest BCUT2D eigenvalue weighted by molar-refractivity contribution is 7.17. The summed E-state index contributed by atoms with van der Waals surface area (Å²) in [7, 11) is 0. The summed E-state index contributed by atoms with van der Waals surface area (Å²) in [6.07, 6.45) is 1.00. The van der Waals surface area contributed by atoms with Crippen LogP contribution >= 0.6 is 11.3 Å². The van der Waals surface area contributed by atoms with Crippen molar-refractivity contribution in [1.29, 1.82) is 0 Å². The van der Waals surface area contributed by atoms with Crippen LogP contribution < -0.4 is 11.1 Å². The summed E-state index contributed by atoms with van der Waals surface area (Å²) in [4.78, 5) is 25.5. The lowest BCUT2D eigenvalue weighted by Gasteiger charge is -2.09. The zero-order chi connectivity index (χ0) is 18.0. The van der Waals surface area contributed by atoms with E-state index in [2.05, 4.69) is 5.32 Å². The van der Waals surface area contributed by atoms with Crippen LogP contribution in [0.4, 0.5) is 13.8 Å². The zero-order valence-corrected chi connectivity index (χ0v) is 14.1.